The first-order valence-corrected chi connectivity index (χ1v) is 3.44. The van der Waals surface area contributed by atoms with Gasteiger partial charge in [-0.25, -0.2) is 5.01 Å². The van der Waals surface area contributed by atoms with Gasteiger partial charge in [0, 0.05) is 19.2 Å². The molecule has 4 nitrogen and oxygen atoms in total. The minimum absolute atomic E-state index is 0.640. The third-order valence-corrected chi connectivity index (χ3v) is 1.44. The largest absolute Gasteiger partial charge is 0.464 e. The Morgan fingerprint density at radius 1 is 1.45 bits per heavy atom. The molecule has 2 rings (SSSR count). The molecule has 0 N–H and O–H groups in total. The molecule has 11 heavy (non-hydrogen) atoms. The van der Waals surface area contributed by atoms with Crippen molar-refractivity contribution in [2.75, 3.05) is 6.54 Å². The second kappa shape index (κ2) is 2.65. The average Bonchev–Trinajstić information content (AvgIpc) is 2.58. The van der Waals surface area contributed by atoms with E-state index in [9.17, 15) is 0 Å². The van der Waals surface area contributed by atoms with Crippen molar-refractivity contribution >= 4 is 6.21 Å². The van der Waals surface area contributed by atoms with E-state index in [0.29, 0.717) is 5.88 Å². The maximum absolute atomic E-state index is 5.13. The Hall–Kier alpha value is -1.45. The lowest BCUT2D eigenvalue weighted by atomic mass is 10.5. The maximum Gasteiger partial charge on any atom is 0.251 e. The molecule has 2 heterocycles. The van der Waals surface area contributed by atoms with Crippen molar-refractivity contribution in [2.45, 2.75) is 6.42 Å². The van der Waals surface area contributed by atoms with Crippen molar-refractivity contribution in [2.24, 2.45) is 5.10 Å². The van der Waals surface area contributed by atoms with E-state index >= 15 is 0 Å². The van der Waals surface area contributed by atoms with Crippen molar-refractivity contribution < 1.29 is 9.47 Å². The number of hydrogen-bond donors (Lipinski definition) is 0. The van der Waals surface area contributed by atoms with Crippen LogP contribution in [-0.4, -0.2) is 17.8 Å². The molecule has 0 atom stereocenters. The second-order valence-corrected chi connectivity index (χ2v) is 2.19. The van der Waals surface area contributed by atoms with Crippen LogP contribution >= 0.6 is 0 Å². The molecular weight excluding hydrogens is 144 g/mol. The molecule has 0 fully saturated rings. The Labute approximate surface area is 64.4 Å². The molecular formula is C7H8N2O2. The van der Waals surface area contributed by atoms with Gasteiger partial charge >= 0.3 is 0 Å². The standard InChI is InChI=1S/C7H8N2O2/c1-2-8-9(3-1)7-6-10-4-5-11-7/h2,4-6H,1,3H2. The number of nitrogens with zero attached hydrogens (tertiary/aromatic N) is 2. The third kappa shape index (κ3) is 1.19. The zero-order valence-electron chi connectivity index (χ0n) is 5.93. The first-order chi connectivity index (χ1) is 5.47. The van der Waals surface area contributed by atoms with Gasteiger partial charge in [-0.15, -0.1) is 0 Å². The van der Waals surface area contributed by atoms with Crippen molar-refractivity contribution in [3.8, 4) is 0 Å². The van der Waals surface area contributed by atoms with E-state index < -0.39 is 0 Å². The lowest BCUT2D eigenvalue weighted by molar-refractivity contribution is 0.155. The summed E-state index contributed by atoms with van der Waals surface area (Å²) >= 11 is 0. The lowest BCUT2D eigenvalue weighted by Crippen LogP contribution is -2.15. The zero-order chi connectivity index (χ0) is 7.52. The molecule has 0 aromatic rings. The summed E-state index contributed by atoms with van der Waals surface area (Å²) in [5.74, 6) is 0.640. The van der Waals surface area contributed by atoms with Gasteiger partial charge in [0.1, 0.15) is 12.5 Å². The smallest absolute Gasteiger partial charge is 0.251 e. The minimum atomic E-state index is 0.640. The zero-order valence-corrected chi connectivity index (χ0v) is 5.93. The molecule has 0 saturated heterocycles. The van der Waals surface area contributed by atoms with Crippen LogP contribution in [0.4, 0.5) is 0 Å². The number of hydrogen-bond acceptors (Lipinski definition) is 4. The quantitative estimate of drug-likeness (QED) is 0.562. The minimum Gasteiger partial charge on any atom is -0.464 e. The van der Waals surface area contributed by atoms with Crippen LogP contribution in [0.2, 0.25) is 0 Å². The van der Waals surface area contributed by atoms with Gasteiger partial charge in [-0.3, -0.25) is 0 Å². The summed E-state index contributed by atoms with van der Waals surface area (Å²) in [6, 6.07) is 0. The van der Waals surface area contributed by atoms with Crippen LogP contribution in [0.25, 0.3) is 0 Å². The predicted octanol–water partition coefficient (Wildman–Crippen LogP) is 0.995. The van der Waals surface area contributed by atoms with E-state index in [2.05, 4.69) is 5.10 Å². The predicted molar refractivity (Wildman–Crippen MR) is 39.2 cm³/mol. The van der Waals surface area contributed by atoms with Crippen LogP contribution in [-0.2, 0) is 9.47 Å². The van der Waals surface area contributed by atoms with E-state index in [0.717, 1.165) is 13.0 Å². The normalized spacial score (nSPS) is 21.1. The van der Waals surface area contributed by atoms with E-state index in [4.69, 9.17) is 9.47 Å². The lowest BCUT2D eigenvalue weighted by Gasteiger charge is -2.17. The Kier molecular flexibility index (Phi) is 1.51. The summed E-state index contributed by atoms with van der Waals surface area (Å²) in [7, 11) is 0. The van der Waals surface area contributed by atoms with E-state index in [-0.39, 0.29) is 0 Å². The van der Waals surface area contributed by atoms with Gasteiger partial charge in [-0.2, -0.15) is 5.10 Å². The first-order valence-electron chi connectivity index (χ1n) is 3.44. The molecule has 0 aromatic carbocycles. The fourth-order valence-corrected chi connectivity index (χ4v) is 0.938. The fraction of sp³-hybridized carbons (Fsp3) is 0.286. The summed E-state index contributed by atoms with van der Waals surface area (Å²) < 4.78 is 10.0. The van der Waals surface area contributed by atoms with Crippen molar-refractivity contribution in [3.63, 3.8) is 0 Å². The van der Waals surface area contributed by atoms with Crippen LogP contribution in [0.1, 0.15) is 6.42 Å². The molecule has 0 spiro atoms. The molecule has 0 unspecified atom stereocenters. The summed E-state index contributed by atoms with van der Waals surface area (Å²) in [5, 5.41) is 5.81. The summed E-state index contributed by atoms with van der Waals surface area (Å²) in [5.41, 5.74) is 0. The molecule has 2 aliphatic rings. The Morgan fingerprint density at radius 3 is 3.09 bits per heavy atom. The molecule has 0 saturated carbocycles. The van der Waals surface area contributed by atoms with Crippen LogP contribution in [0.15, 0.2) is 29.8 Å². The first kappa shape index (κ1) is 6.27. The third-order valence-electron chi connectivity index (χ3n) is 1.44. The molecule has 0 aromatic heterocycles. The summed E-state index contributed by atoms with van der Waals surface area (Å²) in [6.07, 6.45) is 7.31. The summed E-state index contributed by atoms with van der Waals surface area (Å²) in [4.78, 5) is 0. The number of rotatable bonds is 1. The fourth-order valence-electron chi connectivity index (χ4n) is 0.938. The SMILES string of the molecule is C1=COC(N2CCC=N2)=CO1. The van der Waals surface area contributed by atoms with Crippen molar-refractivity contribution in [1.29, 1.82) is 0 Å². The second-order valence-electron chi connectivity index (χ2n) is 2.19. The van der Waals surface area contributed by atoms with Gasteiger partial charge in [0.05, 0.1) is 0 Å². The van der Waals surface area contributed by atoms with E-state index in [1.807, 2.05) is 6.21 Å². The highest BCUT2D eigenvalue weighted by molar-refractivity contribution is 5.59. The Balaban J connectivity index is 2.03. The highest BCUT2D eigenvalue weighted by Crippen LogP contribution is 2.14. The van der Waals surface area contributed by atoms with Gasteiger partial charge in [0.2, 0.25) is 0 Å². The molecule has 0 aliphatic carbocycles. The van der Waals surface area contributed by atoms with Gasteiger partial charge in [-0.05, 0) is 0 Å². The molecule has 0 bridgehead atoms. The number of hydrazone groups is 1. The highest BCUT2D eigenvalue weighted by atomic mass is 16.5. The highest BCUT2D eigenvalue weighted by Gasteiger charge is 2.13. The van der Waals surface area contributed by atoms with Crippen LogP contribution in [0, 0.1) is 0 Å². The Morgan fingerprint density at radius 2 is 2.45 bits per heavy atom. The molecule has 4 heteroatoms. The van der Waals surface area contributed by atoms with Crippen molar-refractivity contribution in [3.05, 3.63) is 24.7 Å². The number of ether oxygens (including phenoxy) is 2. The molecule has 2 aliphatic heterocycles. The van der Waals surface area contributed by atoms with Crippen LogP contribution < -0.4 is 0 Å². The van der Waals surface area contributed by atoms with E-state index in [1.165, 1.54) is 18.8 Å². The maximum atomic E-state index is 5.13. The van der Waals surface area contributed by atoms with Gasteiger partial charge in [0.15, 0.2) is 6.26 Å². The summed E-state index contributed by atoms with van der Waals surface area (Å²) in [6.45, 7) is 0.864. The van der Waals surface area contributed by atoms with Crippen molar-refractivity contribution in [1.82, 2.24) is 5.01 Å². The topological polar surface area (TPSA) is 34.1 Å². The van der Waals surface area contributed by atoms with Gasteiger partial charge < -0.3 is 9.47 Å². The van der Waals surface area contributed by atoms with Gasteiger partial charge in [0.25, 0.3) is 5.88 Å². The average molecular weight is 152 g/mol. The Bertz CT molecular complexity index is 233. The molecule has 0 radical (unpaired) electrons. The van der Waals surface area contributed by atoms with E-state index in [1.54, 1.807) is 5.01 Å². The van der Waals surface area contributed by atoms with Gasteiger partial charge in [-0.1, -0.05) is 0 Å². The molecule has 58 valence electrons. The van der Waals surface area contributed by atoms with Crippen LogP contribution in [0.5, 0.6) is 0 Å². The monoisotopic (exact) mass is 152 g/mol. The van der Waals surface area contributed by atoms with Crippen LogP contribution in [0.3, 0.4) is 0 Å². The molecule has 0 amide bonds.